The topological polar surface area (TPSA) is 167 Å². The summed E-state index contributed by atoms with van der Waals surface area (Å²) in [6.07, 6.45) is -0.830. The molecule has 0 radical (unpaired) electrons. The largest absolute Gasteiger partial charge is 0.448 e. The maximum Gasteiger partial charge on any atom is 0.410 e. The summed E-state index contributed by atoms with van der Waals surface area (Å²) in [4.78, 5) is 73.4. The van der Waals surface area contributed by atoms with Crippen LogP contribution in [0.4, 0.5) is 4.79 Å². The van der Waals surface area contributed by atoms with E-state index in [0.29, 0.717) is 24.9 Å². The van der Waals surface area contributed by atoms with Crippen LogP contribution in [0.3, 0.4) is 0 Å². The molecule has 1 aromatic carbocycles. The van der Waals surface area contributed by atoms with Crippen molar-refractivity contribution < 1.29 is 43.3 Å². The van der Waals surface area contributed by atoms with E-state index < -0.39 is 60.4 Å². The number of nitrogens with one attached hydrogen (secondary N) is 2. The molecule has 0 bridgehead atoms. The number of ether oxygens (including phenoxy) is 3. The van der Waals surface area contributed by atoms with Crippen LogP contribution in [0, 0.1) is 23.7 Å². The third-order valence-electron chi connectivity index (χ3n) is 11.5. The number of likely N-dealkylation sites (N-methyl/N-ethyl adjacent to an activating group) is 2. The zero-order valence-electron chi connectivity index (χ0n) is 37.1. The van der Waals surface area contributed by atoms with Crippen molar-refractivity contribution in [2.75, 3.05) is 41.5 Å². The van der Waals surface area contributed by atoms with E-state index in [-0.39, 0.29) is 59.8 Å². The van der Waals surface area contributed by atoms with Crippen LogP contribution in [0.15, 0.2) is 30.3 Å². The van der Waals surface area contributed by atoms with Crippen LogP contribution in [0.5, 0.6) is 0 Å². The van der Waals surface area contributed by atoms with Crippen LogP contribution in [-0.4, -0.2) is 139 Å². The molecule has 330 valence electrons. The summed E-state index contributed by atoms with van der Waals surface area (Å²) in [6.45, 7) is 17.2. The number of thiol groups is 1. The zero-order chi connectivity index (χ0) is 44.0. The molecule has 3 N–H and O–H groups in total. The van der Waals surface area contributed by atoms with Gasteiger partial charge in [0.2, 0.25) is 23.6 Å². The van der Waals surface area contributed by atoms with Gasteiger partial charge in [0, 0.05) is 40.1 Å². The van der Waals surface area contributed by atoms with Gasteiger partial charge in [-0.15, -0.1) is 0 Å². The fourth-order valence-corrected chi connectivity index (χ4v) is 8.06. The molecule has 15 heteroatoms. The molecular formula is C43H73N5O9S. The van der Waals surface area contributed by atoms with Gasteiger partial charge in [-0.05, 0) is 43.1 Å². The summed E-state index contributed by atoms with van der Waals surface area (Å²) in [5, 5.41) is 16.5. The molecule has 1 heterocycles. The van der Waals surface area contributed by atoms with E-state index >= 15 is 0 Å². The van der Waals surface area contributed by atoms with Gasteiger partial charge < -0.3 is 39.8 Å². The van der Waals surface area contributed by atoms with Crippen molar-refractivity contribution in [1.29, 1.82) is 0 Å². The average Bonchev–Trinajstić information content (AvgIpc) is 3.67. The van der Waals surface area contributed by atoms with Crippen LogP contribution in [-0.2, 0) is 33.4 Å². The number of rotatable bonds is 22. The van der Waals surface area contributed by atoms with E-state index in [1.165, 1.54) is 26.2 Å². The van der Waals surface area contributed by atoms with E-state index in [4.69, 9.17) is 14.2 Å². The number of carbonyl (C=O) groups is 5. The first kappa shape index (κ1) is 50.7. The third-order valence-corrected chi connectivity index (χ3v) is 11.7. The van der Waals surface area contributed by atoms with Gasteiger partial charge in [0.25, 0.3) is 0 Å². The Morgan fingerprint density at radius 2 is 1.52 bits per heavy atom. The lowest BCUT2D eigenvalue weighted by Crippen LogP contribution is -2.60. The number of benzene rings is 1. The highest BCUT2D eigenvalue weighted by Crippen LogP contribution is 2.30. The monoisotopic (exact) mass is 836 g/mol. The summed E-state index contributed by atoms with van der Waals surface area (Å²) in [5.74, 6) is -2.62. The molecule has 14 nitrogen and oxygen atoms in total. The smallest absolute Gasteiger partial charge is 0.410 e. The summed E-state index contributed by atoms with van der Waals surface area (Å²) in [7, 11) is 6.24. The van der Waals surface area contributed by atoms with Gasteiger partial charge >= 0.3 is 6.09 Å². The number of hydrogen-bond acceptors (Lipinski definition) is 10. The summed E-state index contributed by atoms with van der Waals surface area (Å²) in [6, 6.07) is 5.82. The molecule has 1 fully saturated rings. The minimum atomic E-state index is -0.935. The lowest BCUT2D eigenvalue weighted by Gasteiger charge is -2.41. The molecule has 58 heavy (non-hydrogen) atoms. The number of aliphatic hydroxyl groups is 1. The third kappa shape index (κ3) is 13.6. The Hall–Kier alpha value is -3.40. The van der Waals surface area contributed by atoms with Gasteiger partial charge in [0.15, 0.2) is 0 Å². The Morgan fingerprint density at radius 3 is 2.03 bits per heavy atom. The van der Waals surface area contributed by atoms with Crippen molar-refractivity contribution in [2.45, 2.75) is 142 Å². The Morgan fingerprint density at radius 1 is 0.897 bits per heavy atom. The number of likely N-dealkylation sites (tertiary alicyclic amines) is 1. The van der Waals surface area contributed by atoms with Crippen molar-refractivity contribution in [2.24, 2.45) is 23.7 Å². The van der Waals surface area contributed by atoms with Gasteiger partial charge in [-0.2, -0.15) is 12.6 Å². The second kappa shape index (κ2) is 24.0. The second-order valence-corrected chi connectivity index (χ2v) is 17.6. The summed E-state index contributed by atoms with van der Waals surface area (Å²) in [5.41, 5.74) is 0.695. The van der Waals surface area contributed by atoms with E-state index in [0.717, 1.165) is 6.42 Å². The molecule has 0 aliphatic carbocycles. The van der Waals surface area contributed by atoms with Crippen molar-refractivity contribution in [1.82, 2.24) is 25.3 Å². The highest BCUT2D eigenvalue weighted by atomic mass is 32.1. The fraction of sp³-hybridized carbons (Fsp3) is 0.744. The quantitative estimate of drug-likeness (QED) is 0.121. The molecule has 2 unspecified atom stereocenters. The van der Waals surface area contributed by atoms with Gasteiger partial charge in [0.05, 0.1) is 48.8 Å². The molecule has 1 saturated heterocycles. The number of amides is 5. The van der Waals surface area contributed by atoms with Gasteiger partial charge in [-0.1, -0.05) is 92.1 Å². The first-order valence-electron chi connectivity index (χ1n) is 20.8. The van der Waals surface area contributed by atoms with E-state index in [1.54, 1.807) is 49.8 Å². The Kier molecular flexibility index (Phi) is 21.0. The maximum absolute atomic E-state index is 14.4. The Labute approximate surface area is 352 Å². The van der Waals surface area contributed by atoms with Crippen molar-refractivity contribution >= 4 is 42.4 Å². The van der Waals surface area contributed by atoms with Crippen molar-refractivity contribution in [3.8, 4) is 0 Å². The molecule has 1 aromatic rings. The van der Waals surface area contributed by atoms with Crippen LogP contribution >= 0.6 is 12.6 Å². The molecule has 2 rings (SSSR count). The normalized spacial score (nSPS) is 19.5. The van der Waals surface area contributed by atoms with Gasteiger partial charge in [-0.25, -0.2) is 4.79 Å². The maximum atomic E-state index is 14.4. The predicted molar refractivity (Wildman–Crippen MR) is 228 cm³/mol. The van der Waals surface area contributed by atoms with E-state index in [1.807, 2.05) is 59.7 Å². The number of hydrogen-bond donors (Lipinski definition) is 4. The number of nitrogens with zero attached hydrogens (tertiary/aromatic N) is 3. The highest BCUT2D eigenvalue weighted by molar-refractivity contribution is 7.80. The Balaban J connectivity index is 2.27. The highest BCUT2D eigenvalue weighted by Gasteiger charge is 2.43. The Bertz CT molecular complexity index is 1470. The molecule has 0 spiro atoms. The SMILES string of the molecule is CC[C@H](C)[C@@H]([C@@H](CC(=O)N1CCC[C@H]1[C@H](OC)[C@@H](C)C(=O)N[C@H](C)[C@@H](O)c1ccccc1)OC)N(C)C(=O)[C@@H](NC(=O)C(C(C)C)N(C)C(=O)OCC(C)S)C(C)C. The first-order valence-corrected chi connectivity index (χ1v) is 21.3. The van der Waals surface area contributed by atoms with E-state index in [2.05, 4.69) is 23.3 Å². The van der Waals surface area contributed by atoms with Gasteiger partial charge in [-0.3, -0.25) is 24.1 Å². The van der Waals surface area contributed by atoms with Crippen LogP contribution in [0.1, 0.15) is 99.7 Å². The van der Waals surface area contributed by atoms with Crippen LogP contribution < -0.4 is 10.6 Å². The lowest BCUT2D eigenvalue weighted by atomic mass is 9.89. The first-order chi connectivity index (χ1) is 27.2. The second-order valence-electron chi connectivity index (χ2n) is 16.7. The van der Waals surface area contributed by atoms with Crippen molar-refractivity contribution in [3.05, 3.63) is 35.9 Å². The summed E-state index contributed by atoms with van der Waals surface area (Å²) < 4.78 is 17.3. The fourth-order valence-electron chi connectivity index (χ4n) is 7.98. The molecule has 0 aromatic heterocycles. The molecule has 0 saturated carbocycles. The van der Waals surface area contributed by atoms with Crippen molar-refractivity contribution in [3.63, 3.8) is 0 Å². The minimum absolute atomic E-state index is 0.0249. The zero-order valence-corrected chi connectivity index (χ0v) is 38.0. The lowest BCUT2D eigenvalue weighted by molar-refractivity contribution is -0.148. The summed E-state index contributed by atoms with van der Waals surface area (Å²) >= 11 is 4.26. The molecule has 5 amide bonds. The molecular weight excluding hydrogens is 763 g/mol. The molecule has 1 aliphatic heterocycles. The van der Waals surface area contributed by atoms with Crippen LogP contribution in [0.2, 0.25) is 0 Å². The molecule has 1 aliphatic rings. The number of aliphatic hydroxyl groups excluding tert-OH is 1. The van der Waals surface area contributed by atoms with Gasteiger partial charge in [0.1, 0.15) is 18.7 Å². The average molecular weight is 836 g/mol. The standard InChI is InChI=1S/C43H73N5O9S/c1-14-27(6)37(46(10)42(53)35(25(2)3)45-41(52)36(26(4)5)47(11)43(54)57-24-28(7)58)33(55-12)23-34(49)48-22-18-21-32(48)39(56-13)29(8)40(51)44-30(9)38(50)31-19-16-15-17-20-31/h15-17,19-20,25-30,32-33,35-39,50,58H,14,18,21-24H2,1-13H3,(H,44,51)(H,45,52)/t27-,28?,29+,30+,32-,33+,35-,36?,37-,38+,39+/m0/s1. The molecule has 11 atom stereocenters. The van der Waals surface area contributed by atoms with Crippen LogP contribution in [0.25, 0.3) is 0 Å². The number of carbonyl (C=O) groups excluding carboxylic acids is 5. The minimum Gasteiger partial charge on any atom is -0.448 e. The predicted octanol–water partition coefficient (Wildman–Crippen LogP) is 4.70. The van der Waals surface area contributed by atoms with E-state index in [9.17, 15) is 29.1 Å². The number of methoxy groups -OCH3 is 2.